The van der Waals surface area contributed by atoms with Crippen molar-refractivity contribution in [1.82, 2.24) is 4.98 Å². The number of hydrogen-bond acceptors (Lipinski definition) is 2. The van der Waals surface area contributed by atoms with Gasteiger partial charge in [0.25, 0.3) is 0 Å². The highest BCUT2D eigenvalue weighted by Crippen LogP contribution is 2.29. The molecule has 2 nitrogen and oxygen atoms in total. The molecular formula is C10H3Cl2FN2. The molecule has 0 fully saturated rings. The van der Waals surface area contributed by atoms with Gasteiger partial charge in [-0.15, -0.1) is 0 Å². The monoisotopic (exact) mass is 240 g/mol. The molecule has 0 spiro atoms. The van der Waals surface area contributed by atoms with Crippen LogP contribution in [-0.4, -0.2) is 4.98 Å². The maximum atomic E-state index is 13.4. The predicted octanol–water partition coefficient (Wildman–Crippen LogP) is 3.55. The SMILES string of the molecule is N#Cc1cnc2c(F)cc(Cl)cc2c1Cl. The van der Waals surface area contributed by atoms with Crippen molar-refractivity contribution < 1.29 is 4.39 Å². The van der Waals surface area contributed by atoms with Gasteiger partial charge in [0.15, 0.2) is 5.82 Å². The highest BCUT2D eigenvalue weighted by atomic mass is 35.5. The Morgan fingerprint density at radius 1 is 1.33 bits per heavy atom. The highest BCUT2D eigenvalue weighted by molar-refractivity contribution is 6.37. The smallest absolute Gasteiger partial charge is 0.150 e. The number of nitriles is 1. The molecule has 2 aromatic rings. The van der Waals surface area contributed by atoms with E-state index in [0.717, 1.165) is 6.07 Å². The van der Waals surface area contributed by atoms with Crippen molar-refractivity contribution in [3.8, 4) is 6.07 Å². The molecule has 15 heavy (non-hydrogen) atoms. The molecule has 2 rings (SSSR count). The van der Waals surface area contributed by atoms with E-state index in [1.807, 2.05) is 6.07 Å². The lowest BCUT2D eigenvalue weighted by molar-refractivity contribution is 0.637. The third-order valence-electron chi connectivity index (χ3n) is 1.94. The van der Waals surface area contributed by atoms with E-state index in [-0.39, 0.29) is 21.1 Å². The van der Waals surface area contributed by atoms with Crippen molar-refractivity contribution in [2.45, 2.75) is 0 Å². The summed E-state index contributed by atoms with van der Waals surface area (Å²) in [5.41, 5.74) is 0.314. The van der Waals surface area contributed by atoms with Gasteiger partial charge in [0.05, 0.1) is 10.6 Å². The van der Waals surface area contributed by atoms with Gasteiger partial charge in [0.1, 0.15) is 11.6 Å². The number of halogens is 3. The van der Waals surface area contributed by atoms with Crippen LogP contribution in [-0.2, 0) is 0 Å². The van der Waals surface area contributed by atoms with Crippen molar-refractivity contribution in [1.29, 1.82) is 5.26 Å². The Labute approximate surface area is 94.9 Å². The molecule has 0 radical (unpaired) electrons. The zero-order valence-corrected chi connectivity index (χ0v) is 8.77. The van der Waals surface area contributed by atoms with Gasteiger partial charge in [-0.2, -0.15) is 5.26 Å². The Morgan fingerprint density at radius 2 is 2.07 bits per heavy atom. The molecule has 0 atom stereocenters. The Bertz CT molecular complexity index is 590. The summed E-state index contributed by atoms with van der Waals surface area (Å²) in [6, 6.07) is 4.50. The third-order valence-corrected chi connectivity index (χ3v) is 2.57. The maximum absolute atomic E-state index is 13.4. The van der Waals surface area contributed by atoms with Gasteiger partial charge in [0, 0.05) is 16.6 Å². The van der Waals surface area contributed by atoms with Crippen molar-refractivity contribution in [2.24, 2.45) is 0 Å². The molecule has 0 bridgehead atoms. The summed E-state index contributed by atoms with van der Waals surface area (Å²) in [6.07, 6.45) is 1.24. The van der Waals surface area contributed by atoms with Crippen LogP contribution in [0.25, 0.3) is 10.9 Å². The number of nitrogens with zero attached hydrogens (tertiary/aromatic N) is 2. The number of aromatic nitrogens is 1. The van der Waals surface area contributed by atoms with E-state index < -0.39 is 5.82 Å². The first-order valence-electron chi connectivity index (χ1n) is 3.97. The molecule has 1 heterocycles. The molecule has 0 N–H and O–H groups in total. The summed E-state index contributed by atoms with van der Waals surface area (Å²) >= 11 is 11.6. The van der Waals surface area contributed by atoms with Crippen LogP contribution in [0.5, 0.6) is 0 Å². The largest absolute Gasteiger partial charge is 0.252 e. The highest BCUT2D eigenvalue weighted by Gasteiger charge is 2.10. The van der Waals surface area contributed by atoms with E-state index in [9.17, 15) is 4.39 Å². The van der Waals surface area contributed by atoms with E-state index in [1.54, 1.807) is 0 Å². The van der Waals surface area contributed by atoms with E-state index >= 15 is 0 Å². The van der Waals surface area contributed by atoms with Gasteiger partial charge >= 0.3 is 0 Å². The molecule has 0 aliphatic rings. The second-order valence-electron chi connectivity index (χ2n) is 2.88. The van der Waals surface area contributed by atoms with Crippen LogP contribution in [0, 0.1) is 17.1 Å². The zero-order valence-electron chi connectivity index (χ0n) is 7.26. The van der Waals surface area contributed by atoms with Crippen LogP contribution < -0.4 is 0 Å². The number of rotatable bonds is 0. The minimum Gasteiger partial charge on any atom is -0.252 e. The predicted molar refractivity (Wildman–Crippen MR) is 56.4 cm³/mol. The molecule has 0 amide bonds. The van der Waals surface area contributed by atoms with Crippen molar-refractivity contribution in [3.05, 3.63) is 39.8 Å². The Balaban J connectivity index is 2.94. The first kappa shape index (κ1) is 10.2. The van der Waals surface area contributed by atoms with Crippen LogP contribution >= 0.6 is 23.2 Å². The quantitative estimate of drug-likeness (QED) is 0.707. The Morgan fingerprint density at radius 3 is 2.73 bits per heavy atom. The van der Waals surface area contributed by atoms with E-state index in [0.29, 0.717) is 5.39 Å². The van der Waals surface area contributed by atoms with Crippen molar-refractivity contribution in [2.75, 3.05) is 0 Å². The van der Waals surface area contributed by atoms with E-state index in [4.69, 9.17) is 28.5 Å². The summed E-state index contributed by atoms with van der Waals surface area (Å²) in [7, 11) is 0. The summed E-state index contributed by atoms with van der Waals surface area (Å²) in [5, 5.41) is 9.45. The van der Waals surface area contributed by atoms with Crippen LogP contribution in [0.2, 0.25) is 10.0 Å². The standard InChI is InChI=1S/C10H3Cl2FN2/c11-6-1-7-9(12)5(3-14)4-15-10(7)8(13)2-6/h1-2,4H. The fourth-order valence-electron chi connectivity index (χ4n) is 1.27. The first-order chi connectivity index (χ1) is 7.13. The van der Waals surface area contributed by atoms with Gasteiger partial charge in [-0.3, -0.25) is 4.98 Å². The Kier molecular flexibility index (Phi) is 2.47. The average molecular weight is 241 g/mol. The molecule has 1 aromatic heterocycles. The van der Waals surface area contributed by atoms with Gasteiger partial charge in [-0.1, -0.05) is 23.2 Å². The minimum absolute atomic E-state index is 0.114. The first-order valence-corrected chi connectivity index (χ1v) is 4.72. The molecule has 0 unspecified atom stereocenters. The van der Waals surface area contributed by atoms with Crippen molar-refractivity contribution in [3.63, 3.8) is 0 Å². The van der Waals surface area contributed by atoms with Crippen LogP contribution in [0.4, 0.5) is 4.39 Å². The molecule has 0 aliphatic carbocycles. The lowest BCUT2D eigenvalue weighted by Gasteiger charge is -2.03. The fourth-order valence-corrected chi connectivity index (χ4v) is 1.71. The molecule has 1 aromatic carbocycles. The molecule has 5 heteroatoms. The van der Waals surface area contributed by atoms with E-state index in [1.165, 1.54) is 12.3 Å². The fraction of sp³-hybridized carbons (Fsp3) is 0. The van der Waals surface area contributed by atoms with Crippen LogP contribution in [0.15, 0.2) is 18.3 Å². The topological polar surface area (TPSA) is 36.7 Å². The second kappa shape index (κ2) is 3.65. The Hall–Kier alpha value is -1.37. The third kappa shape index (κ3) is 1.63. The molecule has 74 valence electrons. The number of hydrogen-bond donors (Lipinski definition) is 0. The van der Waals surface area contributed by atoms with Crippen LogP contribution in [0.3, 0.4) is 0 Å². The minimum atomic E-state index is -0.552. The lowest BCUT2D eigenvalue weighted by Crippen LogP contribution is -1.88. The number of benzene rings is 1. The average Bonchev–Trinajstić information content (AvgIpc) is 2.19. The number of fused-ring (bicyclic) bond motifs is 1. The number of pyridine rings is 1. The van der Waals surface area contributed by atoms with Gasteiger partial charge in [-0.05, 0) is 12.1 Å². The molecule has 0 aliphatic heterocycles. The van der Waals surface area contributed by atoms with Gasteiger partial charge in [-0.25, -0.2) is 4.39 Å². The van der Waals surface area contributed by atoms with Crippen LogP contribution in [0.1, 0.15) is 5.56 Å². The van der Waals surface area contributed by atoms with Crippen molar-refractivity contribution >= 4 is 34.1 Å². The molecule has 0 saturated carbocycles. The summed E-state index contributed by atoms with van der Waals surface area (Å²) in [5.74, 6) is -0.552. The summed E-state index contributed by atoms with van der Waals surface area (Å²) < 4.78 is 13.4. The van der Waals surface area contributed by atoms with Gasteiger partial charge in [0.2, 0.25) is 0 Å². The summed E-state index contributed by atoms with van der Waals surface area (Å²) in [4.78, 5) is 3.81. The normalized spacial score (nSPS) is 10.3. The van der Waals surface area contributed by atoms with Gasteiger partial charge < -0.3 is 0 Å². The lowest BCUT2D eigenvalue weighted by atomic mass is 10.1. The second-order valence-corrected chi connectivity index (χ2v) is 3.70. The van der Waals surface area contributed by atoms with E-state index in [2.05, 4.69) is 4.98 Å². The maximum Gasteiger partial charge on any atom is 0.150 e. The zero-order chi connectivity index (χ0) is 11.0. The summed E-state index contributed by atoms with van der Waals surface area (Å²) in [6.45, 7) is 0. The molecular weight excluding hydrogens is 238 g/mol. The molecule has 0 saturated heterocycles.